The molecule has 0 radical (unpaired) electrons. The van der Waals surface area contributed by atoms with Crippen LogP contribution in [0.15, 0.2) is 30.2 Å². The van der Waals surface area contributed by atoms with Crippen LogP contribution in [0.3, 0.4) is 0 Å². The Labute approximate surface area is 122 Å². The van der Waals surface area contributed by atoms with Crippen LogP contribution in [0.25, 0.3) is 0 Å². The van der Waals surface area contributed by atoms with Crippen LogP contribution in [-0.4, -0.2) is 13.2 Å². The Balaban J connectivity index is 3.11. The topological polar surface area (TPSA) is 44.8 Å². The van der Waals surface area contributed by atoms with Gasteiger partial charge in [-0.3, -0.25) is 9.05 Å². The van der Waals surface area contributed by atoms with Crippen LogP contribution in [-0.2, 0) is 13.6 Å². The summed E-state index contributed by atoms with van der Waals surface area (Å²) in [4.78, 5) is 0. The van der Waals surface area contributed by atoms with Gasteiger partial charge in [-0.1, -0.05) is 44.8 Å². The molecular formula is C14H23O4P. The summed E-state index contributed by atoms with van der Waals surface area (Å²) in [6.07, 6.45) is 2.88. The molecule has 0 N–H and O–H groups in total. The molecule has 0 spiro atoms. The van der Waals surface area contributed by atoms with E-state index in [-0.39, 0.29) is 13.2 Å². The van der Waals surface area contributed by atoms with E-state index in [4.69, 9.17) is 20.4 Å². The maximum Gasteiger partial charge on any atom is 0.530 e. The van der Waals surface area contributed by atoms with E-state index in [2.05, 4.69) is 0 Å². The van der Waals surface area contributed by atoms with Gasteiger partial charge in [0, 0.05) is 0 Å². The molecule has 1 aromatic rings. The summed E-state index contributed by atoms with van der Waals surface area (Å²) in [5, 5.41) is 0. The molecule has 0 saturated carbocycles. The summed E-state index contributed by atoms with van der Waals surface area (Å²) in [7, 11) is -4.08. The van der Waals surface area contributed by atoms with Gasteiger partial charge in [0.1, 0.15) is 5.75 Å². The molecular weight excluding hydrogens is 263 g/mol. The van der Waals surface area contributed by atoms with Crippen LogP contribution in [0.4, 0.5) is 0 Å². The van der Waals surface area contributed by atoms with Gasteiger partial charge < -0.3 is 4.52 Å². The smallest absolute Gasteiger partial charge is 0.404 e. The number of unbranched alkanes of at least 4 members (excludes halogenated alkanes) is 2. The first kappa shape index (κ1) is 9.98. The van der Waals surface area contributed by atoms with Crippen molar-refractivity contribution in [2.45, 2.75) is 39.5 Å². The molecule has 0 unspecified atom stereocenters. The fourth-order valence-corrected chi connectivity index (χ4v) is 2.33. The molecule has 0 aliphatic carbocycles. The van der Waals surface area contributed by atoms with Crippen molar-refractivity contribution in [3.8, 4) is 5.75 Å². The highest BCUT2D eigenvalue weighted by atomic mass is 31.2. The molecule has 0 heterocycles. The van der Waals surface area contributed by atoms with Gasteiger partial charge in [-0.25, -0.2) is 4.57 Å². The number of benzene rings is 1. The maximum atomic E-state index is 12.7. The molecule has 0 bridgehead atoms. The minimum absolute atomic E-state index is 0.124. The third-order valence-electron chi connectivity index (χ3n) is 2.17. The summed E-state index contributed by atoms with van der Waals surface area (Å²) >= 11 is 0. The summed E-state index contributed by atoms with van der Waals surface area (Å²) in [6, 6.07) is -2.86. The Bertz CT molecular complexity index is 568. The molecule has 108 valence electrons. The third kappa shape index (κ3) is 6.76. The van der Waals surface area contributed by atoms with Gasteiger partial charge in [-0.05, 0) is 24.9 Å². The predicted molar refractivity (Wildman–Crippen MR) is 76.4 cm³/mol. The second kappa shape index (κ2) is 9.13. The highest BCUT2D eigenvalue weighted by Crippen LogP contribution is 2.49. The second-order valence-corrected chi connectivity index (χ2v) is 5.46. The Hall–Kier alpha value is -0.830. The van der Waals surface area contributed by atoms with Gasteiger partial charge in [0.2, 0.25) is 0 Å². The van der Waals surface area contributed by atoms with Gasteiger partial charge in [0.05, 0.1) is 20.1 Å². The van der Waals surface area contributed by atoms with Crippen molar-refractivity contribution in [3.63, 3.8) is 0 Å². The highest BCUT2D eigenvalue weighted by Gasteiger charge is 2.28. The fraction of sp³-hybridized carbons (Fsp3) is 0.571. The maximum absolute atomic E-state index is 12.7. The SMILES string of the molecule is [2H]c1c([2H])c([2H])c(OP(=O)(OCCCC)OCCCC)c([2H])c1[2H]. The van der Waals surface area contributed by atoms with Crippen molar-refractivity contribution in [3.05, 3.63) is 30.2 Å². The van der Waals surface area contributed by atoms with E-state index >= 15 is 0 Å². The van der Waals surface area contributed by atoms with Gasteiger partial charge in [-0.2, -0.15) is 0 Å². The predicted octanol–water partition coefficient (Wildman–Crippen LogP) is 4.81. The Morgan fingerprint density at radius 1 is 1.05 bits per heavy atom. The highest BCUT2D eigenvalue weighted by molar-refractivity contribution is 7.48. The van der Waals surface area contributed by atoms with Crippen molar-refractivity contribution in [2.24, 2.45) is 0 Å². The third-order valence-corrected chi connectivity index (χ3v) is 3.58. The Morgan fingerprint density at radius 3 is 2.05 bits per heavy atom. The fourth-order valence-electron chi connectivity index (χ4n) is 1.13. The van der Waals surface area contributed by atoms with Crippen molar-refractivity contribution in [1.82, 2.24) is 0 Å². The number of phosphoric ester groups is 1. The first-order chi connectivity index (χ1) is 11.3. The van der Waals surface area contributed by atoms with Gasteiger partial charge in [0.25, 0.3) is 0 Å². The van der Waals surface area contributed by atoms with Gasteiger partial charge >= 0.3 is 7.82 Å². The Morgan fingerprint density at radius 2 is 1.58 bits per heavy atom. The lowest BCUT2D eigenvalue weighted by Crippen LogP contribution is -2.04. The molecule has 4 nitrogen and oxygen atoms in total. The number of rotatable bonds is 10. The lowest BCUT2D eigenvalue weighted by molar-refractivity contribution is 0.152. The molecule has 0 aliphatic rings. The molecule has 0 atom stereocenters. The molecule has 0 aliphatic heterocycles. The van der Waals surface area contributed by atoms with Gasteiger partial charge in [-0.15, -0.1) is 0 Å². The molecule has 0 fully saturated rings. The normalized spacial score (nSPS) is 15.2. The lowest BCUT2D eigenvalue weighted by Gasteiger charge is -2.18. The monoisotopic (exact) mass is 291 g/mol. The molecule has 5 heteroatoms. The summed E-state index contributed by atoms with van der Waals surface area (Å²) in [5.74, 6) is -0.530. The average Bonchev–Trinajstić information content (AvgIpc) is 2.56. The van der Waals surface area contributed by atoms with Crippen LogP contribution in [0.5, 0.6) is 5.75 Å². The first-order valence-corrected chi connectivity index (χ1v) is 7.89. The molecule has 0 saturated heterocycles. The minimum Gasteiger partial charge on any atom is -0.404 e. The molecule has 0 aromatic heterocycles. The number of hydrogen-bond acceptors (Lipinski definition) is 4. The van der Waals surface area contributed by atoms with E-state index in [0.29, 0.717) is 12.8 Å². The molecule has 1 rings (SSSR count). The lowest BCUT2D eigenvalue weighted by atomic mass is 10.3. The minimum atomic E-state index is -4.08. The van der Waals surface area contributed by atoms with E-state index in [0.717, 1.165) is 12.8 Å². The Kier molecular flexibility index (Phi) is 4.80. The molecule has 19 heavy (non-hydrogen) atoms. The zero-order chi connectivity index (χ0) is 18.3. The zero-order valence-corrected chi connectivity index (χ0v) is 12.2. The van der Waals surface area contributed by atoms with Gasteiger partial charge in [0.15, 0.2) is 0 Å². The second-order valence-electron chi connectivity index (χ2n) is 3.87. The summed E-state index contributed by atoms with van der Waals surface area (Å²) in [5.41, 5.74) is 0. The average molecular weight is 291 g/mol. The molecule has 1 aromatic carbocycles. The van der Waals surface area contributed by atoms with E-state index in [1.54, 1.807) is 0 Å². The van der Waals surface area contributed by atoms with E-state index in [1.165, 1.54) is 0 Å². The van der Waals surface area contributed by atoms with Crippen molar-refractivity contribution < 1.29 is 25.0 Å². The van der Waals surface area contributed by atoms with Crippen molar-refractivity contribution >= 4 is 7.82 Å². The molecule has 0 amide bonds. The van der Waals surface area contributed by atoms with Crippen molar-refractivity contribution in [2.75, 3.05) is 13.2 Å². The number of para-hydroxylation sites is 1. The van der Waals surface area contributed by atoms with E-state index < -0.39 is 43.8 Å². The van der Waals surface area contributed by atoms with E-state index in [9.17, 15) is 4.57 Å². The standard InChI is InChI=1S/C14H23O4P/c1-3-5-12-16-19(15,17-13-6-4-2)18-14-10-8-7-9-11-14/h7-11H,3-6,12-13H2,1-2H3/i7D,8D,9D,10D,11D. The van der Waals surface area contributed by atoms with Crippen LogP contribution in [0.2, 0.25) is 0 Å². The van der Waals surface area contributed by atoms with Crippen LogP contribution in [0, 0.1) is 0 Å². The van der Waals surface area contributed by atoms with Crippen LogP contribution in [0.1, 0.15) is 46.4 Å². The summed E-state index contributed by atoms with van der Waals surface area (Å²) in [6.45, 7) is 4.11. The largest absolute Gasteiger partial charge is 0.530 e. The van der Waals surface area contributed by atoms with Crippen LogP contribution >= 0.6 is 7.82 Å². The first-order valence-electron chi connectivity index (χ1n) is 8.93. The van der Waals surface area contributed by atoms with Crippen LogP contribution < -0.4 is 4.52 Å². The quantitative estimate of drug-likeness (QED) is 0.458. The number of phosphoric acid groups is 1. The van der Waals surface area contributed by atoms with Crippen molar-refractivity contribution in [1.29, 1.82) is 0 Å². The summed E-state index contributed by atoms with van der Waals surface area (Å²) < 4.78 is 66.8. The van der Waals surface area contributed by atoms with E-state index in [1.807, 2.05) is 13.8 Å². The zero-order valence-electron chi connectivity index (χ0n) is 16.3. The number of hydrogen-bond donors (Lipinski definition) is 0.